The van der Waals surface area contributed by atoms with E-state index in [0.29, 0.717) is 0 Å². The Balaban J connectivity index is 1.28. The van der Waals surface area contributed by atoms with Gasteiger partial charge < -0.3 is 9.32 Å². The van der Waals surface area contributed by atoms with Crippen LogP contribution in [0.1, 0.15) is 33.4 Å². The molecule has 0 amide bonds. The van der Waals surface area contributed by atoms with Crippen LogP contribution in [-0.4, -0.2) is 0 Å². The molecule has 0 spiro atoms. The summed E-state index contributed by atoms with van der Waals surface area (Å²) in [7, 11) is 0. The van der Waals surface area contributed by atoms with Gasteiger partial charge in [0.2, 0.25) is 0 Å². The molecule has 1 heterocycles. The first-order chi connectivity index (χ1) is 27.2. The van der Waals surface area contributed by atoms with E-state index in [1.54, 1.807) is 0 Å². The normalized spacial score (nSPS) is 12.7. The first-order valence-corrected chi connectivity index (χ1v) is 18.7. The fourth-order valence-corrected chi connectivity index (χ4v) is 8.77. The molecule has 0 N–H and O–H groups in total. The maximum atomic E-state index is 6.75. The predicted octanol–water partition coefficient (Wildman–Crippen LogP) is 14.4. The number of fused-ring (bicyclic) bond motifs is 6. The Morgan fingerprint density at radius 2 is 1.02 bits per heavy atom. The first-order valence-electron chi connectivity index (χ1n) is 18.7. The molecule has 0 atom stereocenters. The van der Waals surface area contributed by atoms with Gasteiger partial charge in [-0.3, -0.25) is 0 Å². The fraction of sp³-hybridized carbons (Fsp3) is 0.0189. The molecule has 0 fully saturated rings. The Morgan fingerprint density at radius 3 is 1.73 bits per heavy atom. The van der Waals surface area contributed by atoms with Gasteiger partial charge >= 0.3 is 0 Å². The minimum atomic E-state index is -0.588. The van der Waals surface area contributed by atoms with Crippen LogP contribution in [0.15, 0.2) is 206 Å². The lowest BCUT2D eigenvalue weighted by atomic mass is 9.67. The molecule has 1 aliphatic carbocycles. The Morgan fingerprint density at radius 1 is 0.455 bits per heavy atom. The average Bonchev–Trinajstić information content (AvgIpc) is 3.79. The number of furan rings is 1. The molecule has 2 nitrogen and oxygen atoms in total. The van der Waals surface area contributed by atoms with Gasteiger partial charge in [-0.25, -0.2) is 0 Å². The standard InChI is InChI=1S/C53H37NO/c1-3-36-24-30-40(31-25-36)53(41-32-26-37(4-2)27-33-41)46-19-10-8-17-45(46)51-47(53)20-13-21-48(51)54(42-34-28-39(29-35-42)38-14-6-5-7-15-38)49-22-12-18-44-43-16-9-11-23-50(43)55-52(44)49/h3-35H,1-2H2. The van der Waals surface area contributed by atoms with Crippen molar-refractivity contribution in [3.8, 4) is 22.3 Å². The lowest BCUT2D eigenvalue weighted by Gasteiger charge is -2.34. The molecule has 260 valence electrons. The molecule has 9 aromatic rings. The summed E-state index contributed by atoms with van der Waals surface area (Å²) in [5, 5.41) is 2.19. The van der Waals surface area contributed by atoms with Crippen molar-refractivity contribution < 1.29 is 4.42 Å². The van der Waals surface area contributed by atoms with Gasteiger partial charge in [-0.15, -0.1) is 0 Å². The van der Waals surface area contributed by atoms with E-state index in [1.165, 1.54) is 44.5 Å². The molecule has 8 aromatic carbocycles. The van der Waals surface area contributed by atoms with E-state index in [4.69, 9.17) is 4.42 Å². The lowest BCUT2D eigenvalue weighted by Crippen LogP contribution is -2.28. The van der Waals surface area contributed by atoms with E-state index in [9.17, 15) is 0 Å². The van der Waals surface area contributed by atoms with Crippen LogP contribution in [0.25, 0.3) is 56.3 Å². The second kappa shape index (κ2) is 13.1. The van der Waals surface area contributed by atoms with Crippen LogP contribution >= 0.6 is 0 Å². The highest BCUT2D eigenvalue weighted by molar-refractivity contribution is 6.11. The Kier molecular flexibility index (Phi) is 7.71. The zero-order valence-electron chi connectivity index (χ0n) is 30.3. The van der Waals surface area contributed by atoms with E-state index >= 15 is 0 Å². The van der Waals surface area contributed by atoms with Crippen molar-refractivity contribution in [2.45, 2.75) is 5.41 Å². The summed E-state index contributed by atoms with van der Waals surface area (Å²) in [4.78, 5) is 2.40. The van der Waals surface area contributed by atoms with Crippen molar-refractivity contribution in [2.24, 2.45) is 0 Å². The molecular weight excluding hydrogens is 667 g/mol. The summed E-state index contributed by atoms with van der Waals surface area (Å²) in [6.45, 7) is 8.10. The quantitative estimate of drug-likeness (QED) is 0.157. The van der Waals surface area contributed by atoms with E-state index < -0.39 is 5.41 Å². The maximum absolute atomic E-state index is 6.75. The van der Waals surface area contributed by atoms with E-state index in [0.717, 1.165) is 50.1 Å². The van der Waals surface area contributed by atoms with E-state index in [1.807, 2.05) is 18.2 Å². The van der Waals surface area contributed by atoms with E-state index in [-0.39, 0.29) is 0 Å². The van der Waals surface area contributed by atoms with Gasteiger partial charge in [0.1, 0.15) is 5.58 Å². The van der Waals surface area contributed by atoms with Gasteiger partial charge in [0.05, 0.1) is 16.8 Å². The molecule has 0 saturated carbocycles. The van der Waals surface area contributed by atoms with Crippen molar-refractivity contribution >= 4 is 51.2 Å². The molecule has 0 saturated heterocycles. The number of para-hydroxylation sites is 2. The molecule has 0 bridgehead atoms. The van der Waals surface area contributed by atoms with Gasteiger partial charge in [-0.05, 0) is 80.4 Å². The fourth-order valence-electron chi connectivity index (χ4n) is 8.77. The maximum Gasteiger partial charge on any atom is 0.159 e. The van der Waals surface area contributed by atoms with Crippen LogP contribution in [0.4, 0.5) is 17.1 Å². The Labute approximate surface area is 321 Å². The summed E-state index contributed by atoms with van der Waals surface area (Å²) < 4.78 is 6.75. The summed E-state index contributed by atoms with van der Waals surface area (Å²) in [6, 6.07) is 67.8. The minimum Gasteiger partial charge on any atom is -0.454 e. The largest absolute Gasteiger partial charge is 0.454 e. The predicted molar refractivity (Wildman–Crippen MR) is 231 cm³/mol. The van der Waals surface area contributed by atoms with Crippen LogP contribution in [0, 0.1) is 0 Å². The average molecular weight is 704 g/mol. The highest BCUT2D eigenvalue weighted by Gasteiger charge is 2.47. The third kappa shape index (κ3) is 5.03. The van der Waals surface area contributed by atoms with Gasteiger partial charge in [-0.2, -0.15) is 0 Å². The second-order valence-electron chi connectivity index (χ2n) is 14.1. The first kappa shape index (κ1) is 32.5. The van der Waals surface area contributed by atoms with Gasteiger partial charge in [0.25, 0.3) is 0 Å². The van der Waals surface area contributed by atoms with Crippen molar-refractivity contribution in [2.75, 3.05) is 4.90 Å². The van der Waals surface area contributed by atoms with Crippen LogP contribution < -0.4 is 4.90 Å². The summed E-state index contributed by atoms with van der Waals surface area (Å²) >= 11 is 0. The third-order valence-corrected chi connectivity index (χ3v) is 11.3. The number of hydrogen-bond donors (Lipinski definition) is 0. The number of rotatable bonds is 8. The number of nitrogens with zero attached hydrogens (tertiary/aromatic N) is 1. The molecule has 0 unspecified atom stereocenters. The molecule has 0 aliphatic heterocycles. The van der Waals surface area contributed by atoms with Crippen molar-refractivity contribution in [3.05, 3.63) is 235 Å². The van der Waals surface area contributed by atoms with E-state index in [2.05, 4.69) is 200 Å². The minimum absolute atomic E-state index is 0.588. The summed E-state index contributed by atoms with van der Waals surface area (Å²) in [5.41, 5.74) is 16.0. The topological polar surface area (TPSA) is 16.4 Å². The van der Waals surface area contributed by atoms with Crippen LogP contribution in [0.5, 0.6) is 0 Å². The SMILES string of the molecule is C=Cc1ccc(C2(c3ccc(C=C)cc3)c3ccccc3-c3c(N(c4ccc(-c5ccccc5)cc4)c4cccc5c4oc4ccccc45)cccc32)cc1. The number of hydrogen-bond acceptors (Lipinski definition) is 2. The van der Waals surface area contributed by atoms with Crippen molar-refractivity contribution in [1.29, 1.82) is 0 Å². The Hall–Kier alpha value is -7.16. The smallest absolute Gasteiger partial charge is 0.159 e. The van der Waals surface area contributed by atoms with Crippen LogP contribution in [-0.2, 0) is 5.41 Å². The van der Waals surface area contributed by atoms with Crippen LogP contribution in [0.2, 0.25) is 0 Å². The summed E-state index contributed by atoms with van der Waals surface area (Å²) in [6.07, 6.45) is 3.81. The zero-order valence-corrected chi connectivity index (χ0v) is 30.3. The van der Waals surface area contributed by atoms with Gasteiger partial charge in [0, 0.05) is 22.0 Å². The third-order valence-electron chi connectivity index (χ3n) is 11.3. The molecule has 1 aromatic heterocycles. The Bertz CT molecular complexity index is 2830. The van der Waals surface area contributed by atoms with Gasteiger partial charge in [-0.1, -0.05) is 183 Å². The molecule has 1 aliphatic rings. The highest BCUT2D eigenvalue weighted by atomic mass is 16.3. The van der Waals surface area contributed by atoms with Crippen LogP contribution in [0.3, 0.4) is 0 Å². The van der Waals surface area contributed by atoms with Gasteiger partial charge in [0.15, 0.2) is 5.58 Å². The molecule has 10 rings (SSSR count). The van der Waals surface area contributed by atoms with Crippen molar-refractivity contribution in [1.82, 2.24) is 0 Å². The lowest BCUT2D eigenvalue weighted by molar-refractivity contribution is 0.669. The summed E-state index contributed by atoms with van der Waals surface area (Å²) in [5.74, 6) is 0. The molecule has 2 heteroatoms. The molecule has 55 heavy (non-hydrogen) atoms. The number of anilines is 3. The second-order valence-corrected chi connectivity index (χ2v) is 14.1. The molecular formula is C53H37NO. The zero-order chi connectivity index (χ0) is 36.9. The number of benzene rings is 8. The van der Waals surface area contributed by atoms with Crippen molar-refractivity contribution in [3.63, 3.8) is 0 Å². The highest BCUT2D eigenvalue weighted by Crippen LogP contribution is 2.60. The monoisotopic (exact) mass is 703 g/mol. The molecule has 0 radical (unpaired) electrons.